The Morgan fingerprint density at radius 2 is 2.05 bits per heavy atom. The summed E-state index contributed by atoms with van der Waals surface area (Å²) in [4.78, 5) is 16.3. The molecule has 5 heteroatoms. The number of carbonyl (C=O) groups is 1. The second-order valence-electron chi connectivity index (χ2n) is 5.33. The molecule has 0 aliphatic carbocycles. The van der Waals surface area contributed by atoms with Crippen LogP contribution >= 0.6 is 11.6 Å². The van der Waals surface area contributed by atoms with E-state index in [-0.39, 0.29) is 11.8 Å². The maximum atomic E-state index is 12.1. The molecule has 21 heavy (non-hydrogen) atoms. The van der Waals surface area contributed by atoms with Crippen LogP contribution in [0.25, 0.3) is 0 Å². The number of aromatic nitrogens is 1. The van der Waals surface area contributed by atoms with Gasteiger partial charge in [0.25, 0.3) is 5.91 Å². The highest BCUT2D eigenvalue weighted by Gasteiger charge is 2.10. The lowest BCUT2D eigenvalue weighted by atomic mass is 10.1. The normalized spacial score (nSPS) is 10.9. The van der Waals surface area contributed by atoms with E-state index in [0.717, 1.165) is 31.6 Å². The minimum absolute atomic E-state index is 0.116. The summed E-state index contributed by atoms with van der Waals surface area (Å²) in [5, 5.41) is 3.23. The van der Waals surface area contributed by atoms with Crippen molar-refractivity contribution in [2.45, 2.75) is 46.0 Å². The zero-order valence-electron chi connectivity index (χ0n) is 13.1. The summed E-state index contributed by atoms with van der Waals surface area (Å²) in [6, 6.07) is 3.39. The van der Waals surface area contributed by atoms with E-state index in [4.69, 9.17) is 16.3 Å². The van der Waals surface area contributed by atoms with E-state index in [1.54, 1.807) is 12.1 Å². The molecule has 0 spiro atoms. The lowest BCUT2D eigenvalue weighted by Gasteiger charge is -2.09. The van der Waals surface area contributed by atoms with Gasteiger partial charge in [0.05, 0.1) is 0 Å². The Kier molecular flexibility index (Phi) is 8.31. The van der Waals surface area contributed by atoms with E-state index >= 15 is 0 Å². The minimum Gasteiger partial charge on any atom is -0.381 e. The van der Waals surface area contributed by atoms with Crippen molar-refractivity contribution in [2.24, 2.45) is 0 Å². The van der Waals surface area contributed by atoms with Crippen LogP contribution in [-0.4, -0.2) is 30.6 Å². The third-order valence-electron chi connectivity index (χ3n) is 3.06. The molecule has 4 nitrogen and oxygen atoms in total. The van der Waals surface area contributed by atoms with E-state index < -0.39 is 0 Å². The zero-order valence-corrected chi connectivity index (χ0v) is 13.9. The predicted octanol–water partition coefficient (Wildman–Crippen LogP) is 3.80. The van der Waals surface area contributed by atoms with Crippen LogP contribution in [0.1, 0.15) is 62.0 Å². The highest BCUT2D eigenvalue weighted by Crippen LogP contribution is 2.17. The van der Waals surface area contributed by atoms with Gasteiger partial charge in [-0.15, -0.1) is 0 Å². The fraction of sp³-hybridized carbons (Fsp3) is 0.625. The Morgan fingerprint density at radius 3 is 2.71 bits per heavy atom. The zero-order chi connectivity index (χ0) is 15.7. The summed E-state index contributed by atoms with van der Waals surface area (Å²) in [6.45, 7) is 8.25. The molecule has 1 N–H and O–H groups in total. The van der Waals surface area contributed by atoms with Crippen molar-refractivity contribution in [3.63, 3.8) is 0 Å². The van der Waals surface area contributed by atoms with Gasteiger partial charge in [-0.25, -0.2) is 4.98 Å². The van der Waals surface area contributed by atoms with Crippen LogP contribution in [0.2, 0.25) is 5.15 Å². The molecule has 0 fully saturated rings. The summed E-state index contributed by atoms with van der Waals surface area (Å²) in [5.41, 5.74) is 1.39. The van der Waals surface area contributed by atoms with Gasteiger partial charge in [-0.2, -0.15) is 0 Å². The van der Waals surface area contributed by atoms with Crippen LogP contribution in [0.15, 0.2) is 12.1 Å². The van der Waals surface area contributed by atoms with Crippen LogP contribution in [0.4, 0.5) is 0 Å². The van der Waals surface area contributed by atoms with Gasteiger partial charge in [-0.1, -0.05) is 38.8 Å². The summed E-state index contributed by atoms with van der Waals surface area (Å²) < 4.78 is 5.45. The maximum absolute atomic E-state index is 12.1. The molecule has 0 saturated carbocycles. The summed E-state index contributed by atoms with van der Waals surface area (Å²) in [6.07, 6.45) is 3.03. The maximum Gasteiger partial charge on any atom is 0.251 e. The predicted molar refractivity (Wildman–Crippen MR) is 86.0 cm³/mol. The number of amides is 1. The molecule has 0 aliphatic rings. The number of rotatable bonds is 9. The number of nitrogens with zero attached hydrogens (tertiary/aromatic N) is 1. The first-order chi connectivity index (χ1) is 10.0. The second kappa shape index (κ2) is 9.74. The first-order valence-electron chi connectivity index (χ1n) is 7.58. The molecule has 0 saturated heterocycles. The van der Waals surface area contributed by atoms with E-state index in [2.05, 4.69) is 17.2 Å². The van der Waals surface area contributed by atoms with E-state index in [0.29, 0.717) is 23.9 Å². The van der Waals surface area contributed by atoms with Crippen molar-refractivity contribution in [2.75, 3.05) is 19.8 Å². The van der Waals surface area contributed by atoms with Crippen LogP contribution in [-0.2, 0) is 4.74 Å². The van der Waals surface area contributed by atoms with Gasteiger partial charge in [-0.05, 0) is 30.9 Å². The number of hydrogen-bond donors (Lipinski definition) is 1. The fourth-order valence-electron chi connectivity index (χ4n) is 1.77. The average molecular weight is 313 g/mol. The van der Waals surface area contributed by atoms with E-state index in [9.17, 15) is 4.79 Å². The lowest BCUT2D eigenvalue weighted by molar-refractivity contribution is 0.0940. The Balaban J connectivity index is 2.38. The van der Waals surface area contributed by atoms with Crippen molar-refractivity contribution in [3.05, 3.63) is 28.5 Å². The molecular formula is C16H25ClN2O2. The lowest BCUT2D eigenvalue weighted by Crippen LogP contribution is -2.25. The Labute approximate surface area is 132 Å². The molecule has 118 valence electrons. The molecule has 1 heterocycles. The summed E-state index contributed by atoms with van der Waals surface area (Å²) in [7, 11) is 0. The van der Waals surface area contributed by atoms with Crippen LogP contribution in [0.5, 0.6) is 0 Å². The molecule has 1 aromatic rings. The molecule has 1 rings (SSSR count). The number of ether oxygens (including phenoxy) is 1. The molecule has 0 unspecified atom stereocenters. The molecule has 0 bridgehead atoms. The molecule has 0 atom stereocenters. The Morgan fingerprint density at radius 1 is 1.33 bits per heavy atom. The standard InChI is InChI=1S/C16H25ClN2O2/c1-4-5-8-21-9-6-7-18-16(20)13-10-14(12(2)3)19-15(17)11-13/h10-12H,4-9H2,1-3H3,(H,18,20). The summed E-state index contributed by atoms with van der Waals surface area (Å²) in [5.74, 6) is 0.122. The molecule has 0 aromatic carbocycles. The van der Waals surface area contributed by atoms with Crippen LogP contribution < -0.4 is 5.32 Å². The van der Waals surface area contributed by atoms with Gasteiger partial charge in [0.1, 0.15) is 5.15 Å². The minimum atomic E-state index is -0.116. The first kappa shape index (κ1) is 17.9. The van der Waals surface area contributed by atoms with Gasteiger partial charge in [0, 0.05) is 31.0 Å². The van der Waals surface area contributed by atoms with E-state index in [1.807, 2.05) is 13.8 Å². The molecular weight excluding hydrogens is 288 g/mol. The largest absolute Gasteiger partial charge is 0.381 e. The number of nitrogens with one attached hydrogen (secondary N) is 1. The topological polar surface area (TPSA) is 51.2 Å². The van der Waals surface area contributed by atoms with Gasteiger partial charge >= 0.3 is 0 Å². The second-order valence-corrected chi connectivity index (χ2v) is 5.72. The SMILES string of the molecule is CCCCOCCCNC(=O)c1cc(Cl)nc(C(C)C)c1. The highest BCUT2D eigenvalue weighted by atomic mass is 35.5. The number of halogens is 1. The van der Waals surface area contributed by atoms with Crippen molar-refractivity contribution in [1.82, 2.24) is 10.3 Å². The molecule has 0 radical (unpaired) electrons. The number of carbonyl (C=O) groups excluding carboxylic acids is 1. The van der Waals surface area contributed by atoms with Gasteiger partial charge in [0.2, 0.25) is 0 Å². The number of unbranched alkanes of at least 4 members (excludes halogenated alkanes) is 1. The number of hydrogen-bond acceptors (Lipinski definition) is 3. The van der Waals surface area contributed by atoms with Gasteiger partial charge < -0.3 is 10.1 Å². The molecule has 1 aromatic heterocycles. The van der Waals surface area contributed by atoms with E-state index in [1.165, 1.54) is 0 Å². The van der Waals surface area contributed by atoms with Crippen molar-refractivity contribution >= 4 is 17.5 Å². The summed E-state index contributed by atoms with van der Waals surface area (Å²) >= 11 is 5.96. The fourth-order valence-corrected chi connectivity index (χ4v) is 1.99. The highest BCUT2D eigenvalue weighted by molar-refractivity contribution is 6.29. The van der Waals surface area contributed by atoms with Crippen molar-refractivity contribution < 1.29 is 9.53 Å². The molecule has 1 amide bonds. The smallest absolute Gasteiger partial charge is 0.251 e. The third-order valence-corrected chi connectivity index (χ3v) is 3.25. The van der Waals surface area contributed by atoms with Gasteiger partial charge in [-0.3, -0.25) is 4.79 Å². The average Bonchev–Trinajstić information content (AvgIpc) is 2.45. The quantitative estimate of drug-likeness (QED) is 0.557. The number of pyridine rings is 1. The van der Waals surface area contributed by atoms with Crippen molar-refractivity contribution in [1.29, 1.82) is 0 Å². The van der Waals surface area contributed by atoms with Crippen LogP contribution in [0.3, 0.4) is 0 Å². The van der Waals surface area contributed by atoms with Crippen molar-refractivity contribution in [3.8, 4) is 0 Å². The molecule has 0 aliphatic heterocycles. The van der Waals surface area contributed by atoms with Gasteiger partial charge in [0.15, 0.2) is 0 Å². The first-order valence-corrected chi connectivity index (χ1v) is 7.95. The third kappa shape index (κ3) is 6.91. The monoisotopic (exact) mass is 312 g/mol. The van der Waals surface area contributed by atoms with Crippen LogP contribution in [0, 0.1) is 0 Å². The Bertz CT molecular complexity index is 450. The Hall–Kier alpha value is -1.13.